The smallest absolute Gasteiger partial charge is 0.439 e. The lowest BCUT2D eigenvalue weighted by Gasteiger charge is -2.30. The van der Waals surface area contributed by atoms with Crippen molar-refractivity contribution >= 4 is 15.9 Å². The molecule has 2 aliphatic heterocycles. The van der Waals surface area contributed by atoms with Crippen molar-refractivity contribution in [3.8, 4) is 11.6 Å². The first-order valence-corrected chi connectivity index (χ1v) is 11.7. The van der Waals surface area contributed by atoms with Crippen molar-refractivity contribution in [3.63, 3.8) is 0 Å². The summed E-state index contributed by atoms with van der Waals surface area (Å²) in [5.74, 6) is -1.17. The van der Waals surface area contributed by atoms with Crippen molar-refractivity contribution in [2.45, 2.75) is 31.1 Å². The minimum Gasteiger partial charge on any atom is -0.439 e. The van der Waals surface area contributed by atoms with E-state index in [4.69, 9.17) is 4.74 Å². The molecule has 1 atom stereocenters. The van der Waals surface area contributed by atoms with Crippen LogP contribution in [-0.4, -0.2) is 58.6 Å². The molecule has 0 radical (unpaired) electrons. The topological polar surface area (TPSA) is 92.7 Å². The predicted octanol–water partition coefficient (Wildman–Crippen LogP) is 3.34. The fourth-order valence-electron chi connectivity index (χ4n) is 3.98. The number of nitrogens with zero attached hydrogens (tertiary/aromatic N) is 4. The molecule has 1 aromatic carbocycles. The highest BCUT2D eigenvalue weighted by Gasteiger charge is 2.52. The zero-order valence-corrected chi connectivity index (χ0v) is 18.6. The number of rotatable bonds is 4. The van der Waals surface area contributed by atoms with Gasteiger partial charge in [-0.05, 0) is 37.1 Å². The number of hydrogen-bond donors (Lipinski definition) is 0. The summed E-state index contributed by atoms with van der Waals surface area (Å²) in [4.78, 5) is 22.4. The number of halogens is 6. The number of sulfonamides is 1. The number of amides is 1. The fourth-order valence-corrected chi connectivity index (χ4v) is 4.99. The van der Waals surface area contributed by atoms with Crippen LogP contribution in [-0.2, 0) is 34.0 Å². The highest BCUT2D eigenvalue weighted by atomic mass is 32.2. The molecule has 1 saturated heterocycles. The van der Waals surface area contributed by atoms with Crippen molar-refractivity contribution in [2.75, 3.05) is 19.6 Å². The number of fused-ring (bicyclic) bond motifs is 1. The van der Waals surface area contributed by atoms with E-state index in [1.54, 1.807) is 0 Å². The molecule has 2 aliphatic rings. The van der Waals surface area contributed by atoms with Gasteiger partial charge < -0.3 is 9.64 Å². The van der Waals surface area contributed by atoms with Gasteiger partial charge in [-0.25, -0.2) is 18.4 Å². The van der Waals surface area contributed by atoms with Crippen LogP contribution in [0.2, 0.25) is 0 Å². The van der Waals surface area contributed by atoms with E-state index < -0.39 is 52.2 Å². The molecule has 3 heterocycles. The standard InChI is InChI=1S/C20H18F6N4O4S/c21-19(22,23)13-1-3-14(4-2-13)34-17-15-6-7-29(10-16(15)27-11-28-17)18(31)12-5-8-30(9-12)35(32,33)20(24,25)26/h1-4,11-12H,5-10H2/t12-/m0/s1. The summed E-state index contributed by atoms with van der Waals surface area (Å²) in [6, 6.07) is 4.04. The summed E-state index contributed by atoms with van der Waals surface area (Å²) in [5, 5.41) is 0. The monoisotopic (exact) mass is 524 g/mol. The molecule has 0 bridgehead atoms. The maximum Gasteiger partial charge on any atom is 0.511 e. The molecule has 0 saturated carbocycles. The highest BCUT2D eigenvalue weighted by Crippen LogP contribution is 2.34. The fraction of sp³-hybridized carbons (Fsp3) is 0.450. The van der Waals surface area contributed by atoms with Crippen LogP contribution in [0, 0.1) is 5.92 Å². The van der Waals surface area contributed by atoms with E-state index in [2.05, 4.69) is 9.97 Å². The normalized spacial score (nSPS) is 19.5. The molecule has 0 aliphatic carbocycles. The van der Waals surface area contributed by atoms with Crippen molar-refractivity contribution in [3.05, 3.63) is 47.4 Å². The average molecular weight is 524 g/mol. The minimum absolute atomic E-state index is 0.00256. The summed E-state index contributed by atoms with van der Waals surface area (Å²) in [7, 11) is -5.51. The van der Waals surface area contributed by atoms with Crippen molar-refractivity contribution in [1.82, 2.24) is 19.2 Å². The lowest BCUT2D eigenvalue weighted by Crippen LogP contribution is -2.43. The van der Waals surface area contributed by atoms with Gasteiger partial charge in [-0.15, -0.1) is 0 Å². The Hall–Kier alpha value is -2.94. The average Bonchev–Trinajstić information content (AvgIpc) is 3.28. The van der Waals surface area contributed by atoms with Crippen molar-refractivity contribution in [2.24, 2.45) is 5.92 Å². The molecule has 15 heteroatoms. The quantitative estimate of drug-likeness (QED) is 0.570. The molecule has 35 heavy (non-hydrogen) atoms. The number of ether oxygens (including phenoxy) is 1. The molecule has 1 aromatic heterocycles. The summed E-state index contributed by atoms with van der Waals surface area (Å²) < 4.78 is 106. The summed E-state index contributed by atoms with van der Waals surface area (Å²) in [5.41, 5.74) is -5.31. The molecule has 8 nitrogen and oxygen atoms in total. The molecule has 1 amide bonds. The van der Waals surface area contributed by atoms with E-state index in [-0.39, 0.29) is 41.9 Å². The zero-order chi connectivity index (χ0) is 25.6. The molecule has 0 unspecified atom stereocenters. The van der Waals surface area contributed by atoms with E-state index in [1.165, 1.54) is 11.2 Å². The first kappa shape index (κ1) is 25.2. The van der Waals surface area contributed by atoms with Gasteiger partial charge >= 0.3 is 21.7 Å². The van der Waals surface area contributed by atoms with Gasteiger partial charge in [0.2, 0.25) is 11.8 Å². The number of carbonyl (C=O) groups excluding carboxylic acids is 1. The number of aromatic nitrogens is 2. The third-order valence-corrected chi connectivity index (χ3v) is 7.40. The van der Waals surface area contributed by atoms with Crippen LogP contribution in [0.4, 0.5) is 26.3 Å². The third kappa shape index (κ3) is 5.05. The van der Waals surface area contributed by atoms with E-state index in [9.17, 15) is 39.6 Å². The maximum atomic E-state index is 12.9. The molecule has 0 spiro atoms. The Labute approximate surface area is 195 Å². The minimum atomic E-state index is -5.51. The van der Waals surface area contributed by atoms with E-state index >= 15 is 0 Å². The molecule has 190 valence electrons. The van der Waals surface area contributed by atoms with Crippen molar-refractivity contribution < 1.29 is 44.3 Å². The van der Waals surface area contributed by atoms with Gasteiger partial charge in [-0.3, -0.25) is 4.79 Å². The molecule has 2 aromatic rings. The maximum absolute atomic E-state index is 12.9. The van der Waals surface area contributed by atoms with Gasteiger partial charge in [-0.2, -0.15) is 30.6 Å². The van der Waals surface area contributed by atoms with Crippen LogP contribution in [0.5, 0.6) is 11.6 Å². The number of alkyl halides is 6. The molecular formula is C20H18F6N4O4S. The zero-order valence-electron chi connectivity index (χ0n) is 17.8. The van der Waals surface area contributed by atoms with E-state index in [0.29, 0.717) is 11.3 Å². The van der Waals surface area contributed by atoms with Gasteiger partial charge in [0, 0.05) is 25.2 Å². The van der Waals surface area contributed by atoms with Crippen molar-refractivity contribution in [1.29, 1.82) is 0 Å². The summed E-state index contributed by atoms with van der Waals surface area (Å²) >= 11 is 0. The van der Waals surface area contributed by atoms with Gasteiger partial charge in [0.25, 0.3) is 0 Å². The number of benzene rings is 1. The van der Waals surface area contributed by atoms with Crippen LogP contribution < -0.4 is 4.74 Å². The predicted molar refractivity (Wildman–Crippen MR) is 107 cm³/mol. The first-order valence-electron chi connectivity index (χ1n) is 10.3. The Kier molecular flexibility index (Phi) is 6.42. The van der Waals surface area contributed by atoms with Gasteiger partial charge in [0.05, 0.1) is 23.7 Å². The highest BCUT2D eigenvalue weighted by molar-refractivity contribution is 7.90. The van der Waals surface area contributed by atoms with Gasteiger partial charge in [0.1, 0.15) is 12.1 Å². The number of hydrogen-bond acceptors (Lipinski definition) is 6. The SMILES string of the molecule is O=C([C@H]1CCN(S(=O)(=O)C(F)(F)F)C1)N1CCc2c(ncnc2Oc2ccc(C(F)(F)F)cc2)C1. The Morgan fingerprint density at radius 2 is 1.71 bits per heavy atom. The van der Waals surface area contributed by atoms with Gasteiger partial charge in [-0.1, -0.05) is 0 Å². The number of carbonyl (C=O) groups is 1. The van der Waals surface area contributed by atoms with Crippen LogP contribution in [0.15, 0.2) is 30.6 Å². The van der Waals surface area contributed by atoms with E-state index in [0.717, 1.165) is 24.3 Å². The molecular weight excluding hydrogens is 506 g/mol. The second-order valence-electron chi connectivity index (χ2n) is 8.03. The van der Waals surface area contributed by atoms with Crippen LogP contribution in [0.25, 0.3) is 0 Å². The summed E-state index contributed by atoms with van der Waals surface area (Å²) in [6.45, 7) is -0.806. The largest absolute Gasteiger partial charge is 0.511 e. The third-order valence-electron chi connectivity index (χ3n) is 5.81. The Morgan fingerprint density at radius 1 is 1.03 bits per heavy atom. The second kappa shape index (κ2) is 8.93. The second-order valence-corrected chi connectivity index (χ2v) is 9.96. The van der Waals surface area contributed by atoms with Crippen LogP contribution in [0.3, 0.4) is 0 Å². The summed E-state index contributed by atoms with van der Waals surface area (Å²) in [6.07, 6.45) is -3.13. The Balaban J connectivity index is 1.44. The van der Waals surface area contributed by atoms with Gasteiger partial charge in [0.15, 0.2) is 0 Å². The molecule has 4 rings (SSSR count). The first-order chi connectivity index (χ1) is 16.3. The molecule has 1 fully saturated rings. The van der Waals surface area contributed by atoms with Crippen LogP contribution >= 0.6 is 0 Å². The Bertz CT molecular complexity index is 1220. The Morgan fingerprint density at radius 3 is 2.34 bits per heavy atom. The lowest BCUT2D eigenvalue weighted by molar-refractivity contribution is -0.137. The lowest BCUT2D eigenvalue weighted by atomic mass is 10.0. The molecule has 0 N–H and O–H groups in total. The van der Waals surface area contributed by atoms with E-state index in [1.807, 2.05) is 0 Å². The van der Waals surface area contributed by atoms with Crippen LogP contribution in [0.1, 0.15) is 23.2 Å².